The zero-order valence-electron chi connectivity index (χ0n) is 10.7. The molecule has 2 N–H and O–H groups in total. The van der Waals surface area contributed by atoms with E-state index in [4.69, 9.17) is 9.84 Å². The lowest BCUT2D eigenvalue weighted by atomic mass is 9.99. The number of carbonyl (C=O) groups excluding carboxylic acids is 1. The average Bonchev–Trinajstić information content (AvgIpc) is 2.38. The Labute approximate surface area is 103 Å². The van der Waals surface area contributed by atoms with E-state index < -0.39 is 0 Å². The van der Waals surface area contributed by atoms with Crippen LogP contribution in [0.15, 0.2) is 0 Å². The van der Waals surface area contributed by atoms with E-state index in [9.17, 15) is 4.79 Å². The maximum Gasteiger partial charge on any atom is 0.317 e. The summed E-state index contributed by atoms with van der Waals surface area (Å²) in [5.74, 6) is 0.248. The number of nitrogens with zero attached hydrogens (tertiary/aromatic N) is 1. The molecule has 0 aromatic rings. The normalized spacial score (nSPS) is 20.4. The summed E-state index contributed by atoms with van der Waals surface area (Å²) in [7, 11) is 0. The van der Waals surface area contributed by atoms with Crippen LogP contribution in [0.3, 0.4) is 0 Å². The van der Waals surface area contributed by atoms with E-state index in [2.05, 4.69) is 5.32 Å². The summed E-state index contributed by atoms with van der Waals surface area (Å²) in [6, 6.07) is -0.0142. The summed E-state index contributed by atoms with van der Waals surface area (Å²) in [5.41, 5.74) is 0. The molecule has 1 fully saturated rings. The Balaban J connectivity index is 2.14. The third-order valence-corrected chi connectivity index (χ3v) is 3.01. The first-order chi connectivity index (χ1) is 8.27. The van der Waals surface area contributed by atoms with Gasteiger partial charge in [0.15, 0.2) is 0 Å². The topological polar surface area (TPSA) is 61.8 Å². The van der Waals surface area contributed by atoms with Crippen LogP contribution in [0.1, 0.15) is 26.2 Å². The Morgan fingerprint density at radius 3 is 3.12 bits per heavy atom. The summed E-state index contributed by atoms with van der Waals surface area (Å²) in [5, 5.41) is 12.0. The fraction of sp³-hybridized carbons (Fsp3) is 0.917. The first-order valence-corrected chi connectivity index (χ1v) is 6.49. The Morgan fingerprint density at radius 2 is 2.41 bits per heavy atom. The quantitative estimate of drug-likeness (QED) is 0.680. The van der Waals surface area contributed by atoms with Crippen molar-refractivity contribution in [2.24, 2.45) is 5.92 Å². The molecule has 5 heteroatoms. The van der Waals surface area contributed by atoms with E-state index in [1.54, 1.807) is 4.90 Å². The summed E-state index contributed by atoms with van der Waals surface area (Å²) >= 11 is 0. The minimum atomic E-state index is -0.0142. The second kappa shape index (κ2) is 8.31. The van der Waals surface area contributed by atoms with Gasteiger partial charge < -0.3 is 20.1 Å². The molecule has 0 aromatic heterocycles. The van der Waals surface area contributed by atoms with E-state index in [1.165, 1.54) is 0 Å². The number of nitrogens with one attached hydrogen (secondary N) is 1. The molecule has 2 amide bonds. The molecule has 0 radical (unpaired) electrons. The van der Waals surface area contributed by atoms with Crippen LogP contribution in [0.4, 0.5) is 4.79 Å². The second-order valence-electron chi connectivity index (χ2n) is 4.42. The molecule has 0 saturated carbocycles. The van der Waals surface area contributed by atoms with E-state index >= 15 is 0 Å². The molecule has 0 aromatic carbocycles. The van der Waals surface area contributed by atoms with Gasteiger partial charge in [-0.3, -0.25) is 0 Å². The van der Waals surface area contributed by atoms with Gasteiger partial charge in [-0.15, -0.1) is 0 Å². The second-order valence-corrected chi connectivity index (χ2v) is 4.42. The van der Waals surface area contributed by atoms with E-state index in [0.29, 0.717) is 19.7 Å². The molecule has 5 nitrogen and oxygen atoms in total. The van der Waals surface area contributed by atoms with Crippen LogP contribution >= 0.6 is 0 Å². The van der Waals surface area contributed by atoms with Crippen LogP contribution in [-0.2, 0) is 4.74 Å². The van der Waals surface area contributed by atoms with Gasteiger partial charge in [0.2, 0.25) is 0 Å². The first-order valence-electron chi connectivity index (χ1n) is 6.49. The Morgan fingerprint density at radius 1 is 1.59 bits per heavy atom. The van der Waals surface area contributed by atoms with Crippen molar-refractivity contribution in [2.45, 2.75) is 26.2 Å². The molecule has 1 aliphatic heterocycles. The number of carbonyl (C=O) groups is 1. The van der Waals surface area contributed by atoms with Gasteiger partial charge in [0, 0.05) is 39.5 Å². The van der Waals surface area contributed by atoms with Crippen LogP contribution in [0, 0.1) is 5.92 Å². The van der Waals surface area contributed by atoms with Crippen molar-refractivity contribution in [3.8, 4) is 0 Å². The lowest BCUT2D eigenvalue weighted by Crippen LogP contribution is -2.46. The summed E-state index contributed by atoms with van der Waals surface area (Å²) in [6.07, 6.45) is 2.85. The maximum absolute atomic E-state index is 11.8. The molecule has 0 aliphatic carbocycles. The van der Waals surface area contributed by atoms with Crippen molar-refractivity contribution < 1.29 is 14.6 Å². The lowest BCUT2D eigenvalue weighted by molar-refractivity contribution is 0.127. The minimum absolute atomic E-state index is 0.0142. The summed E-state index contributed by atoms with van der Waals surface area (Å²) < 4.78 is 5.20. The van der Waals surface area contributed by atoms with Gasteiger partial charge in [-0.1, -0.05) is 0 Å². The van der Waals surface area contributed by atoms with Gasteiger partial charge in [-0.25, -0.2) is 4.79 Å². The van der Waals surface area contributed by atoms with Crippen molar-refractivity contribution in [1.29, 1.82) is 0 Å². The molecule has 1 unspecified atom stereocenters. The van der Waals surface area contributed by atoms with Gasteiger partial charge in [-0.05, 0) is 32.1 Å². The highest BCUT2D eigenvalue weighted by Gasteiger charge is 2.22. The van der Waals surface area contributed by atoms with Crippen LogP contribution in [-0.4, -0.2) is 55.5 Å². The van der Waals surface area contributed by atoms with Crippen LogP contribution in [0.5, 0.6) is 0 Å². The monoisotopic (exact) mass is 244 g/mol. The van der Waals surface area contributed by atoms with Crippen molar-refractivity contribution >= 4 is 6.03 Å². The van der Waals surface area contributed by atoms with Crippen LogP contribution in [0.25, 0.3) is 0 Å². The van der Waals surface area contributed by atoms with Crippen molar-refractivity contribution in [1.82, 2.24) is 10.2 Å². The van der Waals surface area contributed by atoms with Crippen molar-refractivity contribution in [2.75, 3.05) is 39.5 Å². The fourth-order valence-electron chi connectivity index (χ4n) is 2.02. The number of aliphatic hydroxyl groups is 1. The predicted octanol–water partition coefficient (Wildman–Crippen LogP) is 0.827. The van der Waals surface area contributed by atoms with Gasteiger partial charge in [-0.2, -0.15) is 0 Å². The molecule has 17 heavy (non-hydrogen) atoms. The standard InChI is InChI=1S/C12H24N2O3/c1-2-17-8-4-6-13-12(16)14-7-3-5-11(9-14)10-15/h11,15H,2-10H2,1H3,(H,13,16). The summed E-state index contributed by atoms with van der Waals surface area (Å²) in [6.45, 7) is 5.67. The Kier molecular flexibility index (Phi) is 6.96. The van der Waals surface area contributed by atoms with Gasteiger partial charge in [0.1, 0.15) is 0 Å². The predicted molar refractivity (Wildman–Crippen MR) is 65.9 cm³/mol. The third kappa shape index (κ3) is 5.37. The number of rotatable bonds is 6. The number of aliphatic hydroxyl groups excluding tert-OH is 1. The van der Waals surface area contributed by atoms with E-state index in [0.717, 1.165) is 32.4 Å². The third-order valence-electron chi connectivity index (χ3n) is 3.01. The van der Waals surface area contributed by atoms with Crippen molar-refractivity contribution in [3.63, 3.8) is 0 Å². The number of likely N-dealkylation sites (tertiary alicyclic amines) is 1. The van der Waals surface area contributed by atoms with Gasteiger partial charge >= 0.3 is 6.03 Å². The summed E-state index contributed by atoms with van der Waals surface area (Å²) in [4.78, 5) is 13.6. The molecule has 0 spiro atoms. The SMILES string of the molecule is CCOCCCNC(=O)N1CCCC(CO)C1. The molecule has 0 bridgehead atoms. The highest BCUT2D eigenvalue weighted by atomic mass is 16.5. The molecule has 1 aliphatic rings. The smallest absolute Gasteiger partial charge is 0.317 e. The molecule has 1 heterocycles. The Bertz CT molecular complexity index is 224. The highest BCUT2D eigenvalue weighted by molar-refractivity contribution is 5.74. The molecule has 1 atom stereocenters. The zero-order valence-corrected chi connectivity index (χ0v) is 10.7. The number of hydrogen-bond donors (Lipinski definition) is 2. The van der Waals surface area contributed by atoms with Gasteiger partial charge in [0.25, 0.3) is 0 Å². The number of piperidine rings is 1. The zero-order chi connectivity index (χ0) is 12.5. The molecule has 1 saturated heterocycles. The maximum atomic E-state index is 11.8. The number of ether oxygens (including phenoxy) is 1. The number of hydrogen-bond acceptors (Lipinski definition) is 3. The largest absolute Gasteiger partial charge is 0.396 e. The molecule has 1 rings (SSSR count). The van der Waals surface area contributed by atoms with E-state index in [-0.39, 0.29) is 18.6 Å². The molecule has 100 valence electrons. The molecular formula is C12H24N2O3. The lowest BCUT2D eigenvalue weighted by Gasteiger charge is -2.31. The highest BCUT2D eigenvalue weighted by Crippen LogP contribution is 2.15. The van der Waals surface area contributed by atoms with Gasteiger partial charge in [0.05, 0.1) is 0 Å². The minimum Gasteiger partial charge on any atom is -0.396 e. The Hall–Kier alpha value is -0.810. The first kappa shape index (κ1) is 14.3. The van der Waals surface area contributed by atoms with Crippen LogP contribution < -0.4 is 5.32 Å². The van der Waals surface area contributed by atoms with E-state index in [1.807, 2.05) is 6.92 Å². The number of amides is 2. The van der Waals surface area contributed by atoms with Crippen LogP contribution in [0.2, 0.25) is 0 Å². The number of urea groups is 1. The van der Waals surface area contributed by atoms with Crippen molar-refractivity contribution in [3.05, 3.63) is 0 Å². The fourth-order valence-corrected chi connectivity index (χ4v) is 2.02. The molecular weight excluding hydrogens is 220 g/mol. The average molecular weight is 244 g/mol.